The highest BCUT2D eigenvalue weighted by Crippen LogP contribution is 2.39. The Kier molecular flexibility index (Phi) is 2.88. The Morgan fingerprint density at radius 3 is 2.76 bits per heavy atom. The first-order valence-electron chi connectivity index (χ1n) is 5.76. The third-order valence-electron chi connectivity index (χ3n) is 3.26. The predicted octanol–water partition coefficient (Wildman–Crippen LogP) is 1.52. The van der Waals surface area contributed by atoms with Crippen molar-refractivity contribution in [3.8, 4) is 0 Å². The quantitative estimate of drug-likeness (QED) is 0.504. The first-order chi connectivity index (χ1) is 7.99. The maximum atomic E-state index is 7.28. The topological polar surface area (TPSA) is 88.2 Å². The summed E-state index contributed by atoms with van der Waals surface area (Å²) in [6, 6.07) is 6.46. The number of amidine groups is 2. The van der Waals surface area contributed by atoms with E-state index < -0.39 is 0 Å². The first-order valence-corrected chi connectivity index (χ1v) is 5.76. The molecule has 0 aliphatic heterocycles. The lowest BCUT2D eigenvalue weighted by molar-refractivity contribution is 0.515. The fourth-order valence-electron chi connectivity index (χ4n) is 2.36. The monoisotopic (exact) mass is 230 g/mol. The zero-order valence-electron chi connectivity index (χ0n) is 10.2. The van der Waals surface area contributed by atoms with Crippen LogP contribution in [0.1, 0.15) is 29.7 Å². The number of nitrogens with one attached hydrogen (secondary N) is 1. The summed E-state index contributed by atoms with van der Waals surface area (Å²) in [6.45, 7) is 4.22. The van der Waals surface area contributed by atoms with Crippen LogP contribution in [0.2, 0.25) is 0 Å². The second kappa shape index (κ2) is 4.20. The number of hydrogen-bond acceptors (Lipinski definition) is 2. The summed E-state index contributed by atoms with van der Waals surface area (Å²) in [6.07, 6.45) is 1.01. The van der Waals surface area contributed by atoms with Gasteiger partial charge >= 0.3 is 0 Å². The molecule has 1 aliphatic rings. The second-order valence-electron chi connectivity index (χ2n) is 4.76. The Hall–Kier alpha value is -1.84. The van der Waals surface area contributed by atoms with Crippen LogP contribution in [0, 0.1) is 18.3 Å². The Morgan fingerprint density at radius 1 is 1.41 bits per heavy atom. The summed E-state index contributed by atoms with van der Waals surface area (Å²) in [7, 11) is 0. The smallest absolute Gasteiger partial charge is 0.161 e. The molecule has 4 nitrogen and oxygen atoms in total. The molecular formula is C13H18N4. The molecule has 0 radical (unpaired) electrons. The molecule has 0 aromatic heterocycles. The van der Waals surface area contributed by atoms with Crippen molar-refractivity contribution in [2.24, 2.45) is 22.4 Å². The number of fused-ring (bicyclic) bond motifs is 1. The normalized spacial score (nSPS) is 23.5. The fourth-order valence-corrected chi connectivity index (χ4v) is 2.36. The zero-order chi connectivity index (χ0) is 12.6. The molecule has 4 heteroatoms. The van der Waals surface area contributed by atoms with Crippen LogP contribution < -0.4 is 11.5 Å². The zero-order valence-corrected chi connectivity index (χ0v) is 10.2. The van der Waals surface area contributed by atoms with Crippen molar-refractivity contribution in [2.75, 3.05) is 0 Å². The van der Waals surface area contributed by atoms with Gasteiger partial charge in [0.25, 0.3) is 0 Å². The Labute approximate surface area is 101 Å². The van der Waals surface area contributed by atoms with E-state index in [2.05, 4.69) is 37.0 Å². The SMILES string of the molecule is Cc1ccc2c(c1)[C@H](N=C(N)C(=N)N)[C@@H](C)C2. The fraction of sp³-hybridized carbons (Fsp3) is 0.385. The highest BCUT2D eigenvalue weighted by molar-refractivity contribution is 6.38. The van der Waals surface area contributed by atoms with Crippen molar-refractivity contribution in [2.45, 2.75) is 26.3 Å². The summed E-state index contributed by atoms with van der Waals surface area (Å²) < 4.78 is 0. The lowest BCUT2D eigenvalue weighted by Gasteiger charge is -2.13. The van der Waals surface area contributed by atoms with Crippen molar-refractivity contribution >= 4 is 11.7 Å². The average Bonchev–Trinajstić information content (AvgIpc) is 2.55. The van der Waals surface area contributed by atoms with Crippen LogP contribution in [0.5, 0.6) is 0 Å². The molecule has 0 unspecified atom stereocenters. The minimum Gasteiger partial charge on any atom is -0.381 e. The molecule has 0 saturated heterocycles. The molecule has 1 aliphatic carbocycles. The average molecular weight is 230 g/mol. The van der Waals surface area contributed by atoms with E-state index in [0.29, 0.717) is 5.92 Å². The van der Waals surface area contributed by atoms with E-state index in [9.17, 15) is 0 Å². The summed E-state index contributed by atoms with van der Waals surface area (Å²) in [4.78, 5) is 4.38. The largest absolute Gasteiger partial charge is 0.381 e. The standard InChI is InChI=1S/C13H18N4/c1-7-3-4-9-6-8(2)11(10(9)5-7)17-13(16)12(14)15/h3-5,8,11H,6H2,1-2H3,(H3,14,15)(H2,16,17)/t8-,11+/m0/s1. The van der Waals surface area contributed by atoms with Crippen molar-refractivity contribution in [3.63, 3.8) is 0 Å². The van der Waals surface area contributed by atoms with Gasteiger partial charge in [-0.3, -0.25) is 10.4 Å². The number of nitrogens with two attached hydrogens (primary N) is 2. The molecule has 0 amide bonds. The number of nitrogens with zero attached hydrogens (tertiary/aromatic N) is 1. The number of hydrogen-bond donors (Lipinski definition) is 3. The third-order valence-corrected chi connectivity index (χ3v) is 3.26. The minimum atomic E-state index is -0.154. The molecular weight excluding hydrogens is 212 g/mol. The highest BCUT2D eigenvalue weighted by Gasteiger charge is 2.29. The van der Waals surface area contributed by atoms with Crippen molar-refractivity contribution < 1.29 is 0 Å². The lowest BCUT2D eigenvalue weighted by atomic mass is 10.0. The van der Waals surface area contributed by atoms with Gasteiger partial charge in [-0.2, -0.15) is 0 Å². The molecule has 0 fully saturated rings. The van der Waals surface area contributed by atoms with E-state index in [0.717, 1.165) is 6.42 Å². The van der Waals surface area contributed by atoms with Gasteiger partial charge in [-0.05, 0) is 30.4 Å². The van der Waals surface area contributed by atoms with E-state index in [1.54, 1.807) is 0 Å². The van der Waals surface area contributed by atoms with Gasteiger partial charge in [-0.15, -0.1) is 0 Å². The van der Waals surface area contributed by atoms with Gasteiger partial charge in [-0.25, -0.2) is 0 Å². The summed E-state index contributed by atoms with van der Waals surface area (Å²) in [5.74, 6) is 0.388. The highest BCUT2D eigenvalue weighted by atomic mass is 15.0. The summed E-state index contributed by atoms with van der Waals surface area (Å²) in [5, 5.41) is 7.28. The number of aliphatic imine (C=N–C) groups is 1. The van der Waals surface area contributed by atoms with Gasteiger partial charge in [0.1, 0.15) is 0 Å². The van der Waals surface area contributed by atoms with Gasteiger partial charge in [0.2, 0.25) is 0 Å². The van der Waals surface area contributed by atoms with Crippen molar-refractivity contribution in [1.29, 1.82) is 5.41 Å². The number of rotatable bonds is 1. The van der Waals surface area contributed by atoms with Crippen molar-refractivity contribution in [3.05, 3.63) is 34.9 Å². The van der Waals surface area contributed by atoms with Crippen LogP contribution in [0.15, 0.2) is 23.2 Å². The molecule has 5 N–H and O–H groups in total. The van der Waals surface area contributed by atoms with Crippen LogP contribution in [-0.4, -0.2) is 11.7 Å². The van der Waals surface area contributed by atoms with Crippen LogP contribution in [0.3, 0.4) is 0 Å². The summed E-state index contributed by atoms with van der Waals surface area (Å²) >= 11 is 0. The van der Waals surface area contributed by atoms with Crippen LogP contribution in [0.25, 0.3) is 0 Å². The Balaban J connectivity index is 2.41. The van der Waals surface area contributed by atoms with Gasteiger partial charge < -0.3 is 11.5 Å². The van der Waals surface area contributed by atoms with Gasteiger partial charge in [-0.1, -0.05) is 30.7 Å². The first kappa shape index (κ1) is 11.6. The van der Waals surface area contributed by atoms with E-state index in [1.807, 2.05) is 0 Å². The molecule has 17 heavy (non-hydrogen) atoms. The summed E-state index contributed by atoms with van der Waals surface area (Å²) in [5.41, 5.74) is 14.8. The predicted molar refractivity (Wildman–Crippen MR) is 70.3 cm³/mol. The molecule has 2 atom stereocenters. The molecule has 2 rings (SSSR count). The van der Waals surface area contributed by atoms with Gasteiger partial charge in [0.15, 0.2) is 11.7 Å². The van der Waals surface area contributed by atoms with Crippen LogP contribution >= 0.6 is 0 Å². The molecule has 1 aromatic rings. The van der Waals surface area contributed by atoms with E-state index in [4.69, 9.17) is 16.9 Å². The van der Waals surface area contributed by atoms with E-state index in [1.165, 1.54) is 16.7 Å². The molecule has 0 heterocycles. The van der Waals surface area contributed by atoms with Crippen LogP contribution in [0.4, 0.5) is 0 Å². The molecule has 0 spiro atoms. The van der Waals surface area contributed by atoms with Crippen molar-refractivity contribution in [1.82, 2.24) is 0 Å². The molecule has 90 valence electrons. The molecule has 0 bridgehead atoms. The minimum absolute atomic E-state index is 0.0359. The van der Waals surface area contributed by atoms with E-state index >= 15 is 0 Å². The third kappa shape index (κ3) is 2.16. The maximum Gasteiger partial charge on any atom is 0.161 e. The van der Waals surface area contributed by atoms with Crippen LogP contribution in [-0.2, 0) is 6.42 Å². The number of benzene rings is 1. The lowest BCUT2D eigenvalue weighted by Crippen LogP contribution is -2.31. The van der Waals surface area contributed by atoms with Gasteiger partial charge in [0.05, 0.1) is 6.04 Å². The Morgan fingerprint density at radius 2 is 2.12 bits per heavy atom. The number of aryl methyl sites for hydroxylation is 1. The molecule has 1 aromatic carbocycles. The van der Waals surface area contributed by atoms with E-state index in [-0.39, 0.29) is 17.7 Å². The van der Waals surface area contributed by atoms with Gasteiger partial charge in [0, 0.05) is 0 Å². The molecule has 0 saturated carbocycles. The Bertz CT molecular complexity index is 490. The second-order valence-corrected chi connectivity index (χ2v) is 4.76. The maximum absolute atomic E-state index is 7.28.